The molecule has 1 aliphatic carbocycles. The van der Waals surface area contributed by atoms with Crippen molar-refractivity contribution in [3.63, 3.8) is 0 Å². The third-order valence-corrected chi connectivity index (χ3v) is 6.49. The molecule has 0 radical (unpaired) electrons. The molecule has 1 aliphatic rings. The molecule has 0 saturated carbocycles. The lowest BCUT2D eigenvalue weighted by Gasteiger charge is -2.16. The van der Waals surface area contributed by atoms with E-state index in [0.29, 0.717) is 10.8 Å². The van der Waals surface area contributed by atoms with Crippen LogP contribution in [-0.2, 0) is 22.9 Å². The van der Waals surface area contributed by atoms with Gasteiger partial charge in [0.15, 0.2) is 0 Å². The van der Waals surface area contributed by atoms with E-state index in [1.807, 2.05) is 10.9 Å². The highest BCUT2D eigenvalue weighted by Crippen LogP contribution is 2.32. The van der Waals surface area contributed by atoms with Crippen molar-refractivity contribution in [1.82, 2.24) is 10.3 Å². The molecule has 2 N–H and O–H groups in total. The standard InChI is InChI=1S/C16H17FN2O3S2/c1-10-6-7-13-11(8-10)9-14(23-13)16(20)18-19-24(21,22)15-5-3-2-4-12(15)17/h2-5,9-10,19H,6-8H2,1H3,(H,18,20)/t10-/m0/s1. The molecule has 0 aliphatic heterocycles. The molecule has 1 aromatic heterocycles. The van der Waals surface area contributed by atoms with Crippen LogP contribution in [0.25, 0.3) is 0 Å². The van der Waals surface area contributed by atoms with Gasteiger partial charge >= 0.3 is 0 Å². The summed E-state index contributed by atoms with van der Waals surface area (Å²) in [7, 11) is -4.16. The molecule has 0 saturated heterocycles. The Morgan fingerprint density at radius 3 is 2.83 bits per heavy atom. The highest BCUT2D eigenvalue weighted by molar-refractivity contribution is 7.89. The minimum Gasteiger partial charge on any atom is -0.273 e. The summed E-state index contributed by atoms with van der Waals surface area (Å²) in [5, 5.41) is 0. The first-order valence-electron chi connectivity index (χ1n) is 7.55. The smallest absolute Gasteiger partial charge is 0.273 e. The number of nitrogens with one attached hydrogen (secondary N) is 2. The van der Waals surface area contributed by atoms with Crippen molar-refractivity contribution in [3.8, 4) is 0 Å². The number of aryl methyl sites for hydroxylation is 1. The first-order valence-corrected chi connectivity index (χ1v) is 9.85. The third kappa shape index (κ3) is 3.50. The first kappa shape index (κ1) is 17.1. The number of hydrogen-bond acceptors (Lipinski definition) is 4. The minimum absolute atomic E-state index is 0.449. The predicted octanol–water partition coefficient (Wildman–Crippen LogP) is 2.64. The van der Waals surface area contributed by atoms with E-state index in [0.717, 1.165) is 37.0 Å². The lowest BCUT2D eigenvalue weighted by molar-refractivity contribution is 0.0949. The molecule has 24 heavy (non-hydrogen) atoms. The second-order valence-electron chi connectivity index (χ2n) is 5.90. The summed E-state index contributed by atoms with van der Waals surface area (Å²) in [5.41, 5.74) is 3.31. The van der Waals surface area contributed by atoms with Gasteiger partial charge in [-0.05, 0) is 48.9 Å². The van der Waals surface area contributed by atoms with E-state index in [-0.39, 0.29) is 0 Å². The van der Waals surface area contributed by atoms with Crippen LogP contribution in [0.15, 0.2) is 35.2 Å². The minimum atomic E-state index is -4.16. The quantitative estimate of drug-likeness (QED) is 0.815. The number of amides is 1. The summed E-state index contributed by atoms with van der Waals surface area (Å²) in [5.74, 6) is -0.829. The maximum absolute atomic E-state index is 13.6. The van der Waals surface area contributed by atoms with Gasteiger partial charge in [-0.3, -0.25) is 10.2 Å². The number of hydrazine groups is 1. The van der Waals surface area contributed by atoms with E-state index >= 15 is 0 Å². The van der Waals surface area contributed by atoms with Crippen molar-refractivity contribution in [2.75, 3.05) is 0 Å². The van der Waals surface area contributed by atoms with Gasteiger partial charge in [0.2, 0.25) is 0 Å². The lowest BCUT2D eigenvalue weighted by atomic mass is 9.90. The zero-order chi connectivity index (χ0) is 17.3. The number of hydrogen-bond donors (Lipinski definition) is 2. The van der Waals surface area contributed by atoms with E-state index < -0.39 is 26.6 Å². The van der Waals surface area contributed by atoms with Gasteiger partial charge in [-0.2, -0.15) is 0 Å². The van der Waals surface area contributed by atoms with E-state index in [2.05, 4.69) is 12.3 Å². The lowest BCUT2D eigenvalue weighted by Crippen LogP contribution is -2.41. The van der Waals surface area contributed by atoms with E-state index in [1.54, 1.807) is 0 Å². The molecule has 5 nitrogen and oxygen atoms in total. The van der Waals surface area contributed by atoms with Crippen molar-refractivity contribution in [3.05, 3.63) is 51.5 Å². The maximum Gasteiger partial charge on any atom is 0.276 e. The average Bonchev–Trinajstić information content (AvgIpc) is 2.96. The van der Waals surface area contributed by atoms with Crippen LogP contribution in [0.4, 0.5) is 4.39 Å². The highest BCUT2D eigenvalue weighted by atomic mass is 32.2. The first-order chi connectivity index (χ1) is 11.4. The van der Waals surface area contributed by atoms with Crippen LogP contribution in [0.2, 0.25) is 0 Å². The van der Waals surface area contributed by atoms with Crippen LogP contribution in [0.3, 0.4) is 0 Å². The second-order valence-corrected chi connectivity index (χ2v) is 8.68. The van der Waals surface area contributed by atoms with Crippen molar-refractivity contribution < 1.29 is 17.6 Å². The Morgan fingerprint density at radius 2 is 2.08 bits per heavy atom. The Bertz CT molecular complexity index is 877. The van der Waals surface area contributed by atoms with Crippen molar-refractivity contribution in [1.29, 1.82) is 0 Å². The Balaban J connectivity index is 1.71. The summed E-state index contributed by atoms with van der Waals surface area (Å²) >= 11 is 1.37. The van der Waals surface area contributed by atoms with Gasteiger partial charge in [0.25, 0.3) is 15.9 Å². The van der Waals surface area contributed by atoms with Gasteiger partial charge in [0.1, 0.15) is 10.7 Å². The van der Waals surface area contributed by atoms with Gasteiger partial charge in [0.05, 0.1) is 4.88 Å². The Morgan fingerprint density at radius 1 is 1.33 bits per heavy atom. The summed E-state index contributed by atoms with van der Waals surface area (Å²) < 4.78 is 37.7. The molecule has 1 atom stereocenters. The van der Waals surface area contributed by atoms with Crippen LogP contribution < -0.4 is 10.3 Å². The maximum atomic E-state index is 13.6. The number of thiophene rings is 1. The Hall–Kier alpha value is -1.77. The molecule has 0 unspecified atom stereocenters. The van der Waals surface area contributed by atoms with Crippen molar-refractivity contribution in [2.24, 2.45) is 5.92 Å². The largest absolute Gasteiger partial charge is 0.276 e. The molecule has 2 aromatic rings. The van der Waals surface area contributed by atoms with Gasteiger partial charge in [-0.15, -0.1) is 16.2 Å². The van der Waals surface area contributed by atoms with E-state index in [4.69, 9.17) is 0 Å². The Labute approximate surface area is 143 Å². The highest BCUT2D eigenvalue weighted by Gasteiger charge is 2.23. The van der Waals surface area contributed by atoms with Crippen LogP contribution in [-0.4, -0.2) is 14.3 Å². The summed E-state index contributed by atoms with van der Waals surface area (Å²) in [6.07, 6.45) is 2.96. The van der Waals surface area contributed by atoms with E-state index in [1.165, 1.54) is 28.3 Å². The molecule has 0 bridgehead atoms. The molecule has 0 spiro atoms. The monoisotopic (exact) mass is 368 g/mol. The molecule has 1 amide bonds. The molecular weight excluding hydrogens is 351 g/mol. The van der Waals surface area contributed by atoms with Crippen molar-refractivity contribution >= 4 is 27.3 Å². The molecule has 1 heterocycles. The van der Waals surface area contributed by atoms with Gasteiger partial charge in [-0.1, -0.05) is 19.1 Å². The molecule has 8 heteroatoms. The fourth-order valence-electron chi connectivity index (χ4n) is 2.71. The summed E-state index contributed by atoms with van der Waals surface area (Å²) in [6.45, 7) is 2.17. The molecule has 1 aromatic carbocycles. The zero-order valence-corrected chi connectivity index (χ0v) is 14.6. The number of rotatable bonds is 4. The predicted molar refractivity (Wildman–Crippen MR) is 89.7 cm³/mol. The molecule has 0 fully saturated rings. The van der Waals surface area contributed by atoms with Crippen molar-refractivity contribution in [2.45, 2.75) is 31.1 Å². The SMILES string of the molecule is C[C@H]1CCc2sc(C(=O)NNS(=O)(=O)c3ccccc3F)cc2C1. The van der Waals surface area contributed by atoms with Gasteiger partial charge < -0.3 is 0 Å². The topological polar surface area (TPSA) is 75.3 Å². The van der Waals surface area contributed by atoms with Crippen LogP contribution in [0.5, 0.6) is 0 Å². The molecule has 3 rings (SSSR count). The zero-order valence-electron chi connectivity index (χ0n) is 13.0. The number of carbonyl (C=O) groups excluding carboxylic acids is 1. The van der Waals surface area contributed by atoms with Crippen LogP contribution in [0, 0.1) is 11.7 Å². The fraction of sp³-hybridized carbons (Fsp3) is 0.312. The molecule has 128 valence electrons. The molecular formula is C16H17FN2O3S2. The van der Waals surface area contributed by atoms with Gasteiger partial charge in [0, 0.05) is 4.88 Å². The number of carbonyl (C=O) groups is 1. The normalized spacial score (nSPS) is 17.3. The van der Waals surface area contributed by atoms with Crippen LogP contribution in [0.1, 0.15) is 33.5 Å². The van der Waals surface area contributed by atoms with Gasteiger partial charge in [-0.25, -0.2) is 12.8 Å². The second kappa shape index (κ2) is 6.62. The average molecular weight is 368 g/mol. The van der Waals surface area contributed by atoms with Crippen LogP contribution >= 0.6 is 11.3 Å². The summed E-state index contributed by atoms with van der Waals surface area (Å²) in [6, 6.07) is 6.79. The Kier molecular flexibility index (Phi) is 4.71. The number of sulfonamides is 1. The van der Waals surface area contributed by atoms with E-state index in [9.17, 15) is 17.6 Å². The summed E-state index contributed by atoms with van der Waals surface area (Å²) in [4.78, 5) is 15.2. The number of fused-ring (bicyclic) bond motifs is 1. The third-order valence-electron chi connectivity index (χ3n) is 3.98. The number of benzene rings is 1. The fourth-order valence-corrected chi connectivity index (χ4v) is 4.73. The number of halogens is 1.